The Balaban J connectivity index is 0.000000356. The van der Waals surface area contributed by atoms with Gasteiger partial charge in [0.1, 0.15) is 5.75 Å². The number of rotatable bonds is 5. The van der Waals surface area contributed by atoms with Crippen LogP contribution < -0.4 is 0 Å². The maximum Gasteiger partial charge on any atom is 0.305 e. The fraction of sp³-hybridized carbons (Fsp3) is 0.533. The van der Waals surface area contributed by atoms with Gasteiger partial charge in [-0.2, -0.15) is 0 Å². The van der Waals surface area contributed by atoms with E-state index in [2.05, 4.69) is 6.92 Å². The van der Waals surface area contributed by atoms with Crippen molar-refractivity contribution in [2.24, 2.45) is 0 Å². The normalized spacial score (nSPS) is 11.2. The SMILES string of the molecule is CCCCC(C)OC(=O)CC.Oc1cccc(Cl)c1. The molecule has 1 rings (SSSR count). The summed E-state index contributed by atoms with van der Waals surface area (Å²) in [4.78, 5) is 10.8. The third kappa shape index (κ3) is 10.4. The lowest BCUT2D eigenvalue weighted by Gasteiger charge is -2.11. The number of esters is 1. The molecule has 1 atom stereocenters. The summed E-state index contributed by atoms with van der Waals surface area (Å²) in [6, 6.07) is 6.46. The molecule has 1 aromatic carbocycles. The Morgan fingerprint density at radius 3 is 2.53 bits per heavy atom. The van der Waals surface area contributed by atoms with E-state index in [1.54, 1.807) is 18.2 Å². The van der Waals surface area contributed by atoms with Crippen molar-refractivity contribution < 1.29 is 14.6 Å². The highest BCUT2D eigenvalue weighted by Crippen LogP contribution is 2.14. The van der Waals surface area contributed by atoms with Crippen LogP contribution in [0.15, 0.2) is 24.3 Å². The third-order valence-electron chi connectivity index (χ3n) is 2.39. The first-order chi connectivity index (χ1) is 8.99. The monoisotopic (exact) mass is 286 g/mol. The van der Waals surface area contributed by atoms with Crippen LogP contribution in [0.5, 0.6) is 5.75 Å². The van der Waals surface area contributed by atoms with Gasteiger partial charge in [0.05, 0.1) is 6.10 Å². The van der Waals surface area contributed by atoms with Gasteiger partial charge in [-0.3, -0.25) is 4.79 Å². The smallest absolute Gasteiger partial charge is 0.305 e. The van der Waals surface area contributed by atoms with Gasteiger partial charge in [-0.05, 0) is 31.5 Å². The molecule has 0 spiro atoms. The van der Waals surface area contributed by atoms with Crippen LogP contribution >= 0.6 is 11.6 Å². The number of carbonyl (C=O) groups is 1. The highest BCUT2D eigenvalue weighted by atomic mass is 35.5. The van der Waals surface area contributed by atoms with E-state index in [9.17, 15) is 4.79 Å². The third-order valence-corrected chi connectivity index (χ3v) is 2.63. The second-order valence-electron chi connectivity index (χ2n) is 4.28. The molecule has 19 heavy (non-hydrogen) atoms. The molecule has 0 aliphatic rings. The Hall–Kier alpha value is -1.22. The fourth-order valence-electron chi connectivity index (χ4n) is 1.33. The molecule has 0 aliphatic carbocycles. The largest absolute Gasteiger partial charge is 0.508 e. The van der Waals surface area contributed by atoms with Crippen molar-refractivity contribution in [3.63, 3.8) is 0 Å². The molecule has 1 unspecified atom stereocenters. The van der Waals surface area contributed by atoms with E-state index < -0.39 is 0 Å². The zero-order valence-corrected chi connectivity index (χ0v) is 12.6. The average Bonchev–Trinajstić information content (AvgIpc) is 2.36. The van der Waals surface area contributed by atoms with Crippen molar-refractivity contribution in [3.8, 4) is 5.75 Å². The highest BCUT2D eigenvalue weighted by Gasteiger charge is 2.05. The Morgan fingerprint density at radius 2 is 2.11 bits per heavy atom. The number of aromatic hydroxyl groups is 1. The van der Waals surface area contributed by atoms with Crippen molar-refractivity contribution in [2.45, 2.75) is 52.6 Å². The molecule has 0 amide bonds. The first-order valence-electron chi connectivity index (χ1n) is 6.63. The molecule has 0 aliphatic heterocycles. The first-order valence-corrected chi connectivity index (χ1v) is 7.01. The number of carbonyl (C=O) groups excluding carboxylic acids is 1. The summed E-state index contributed by atoms with van der Waals surface area (Å²) in [7, 11) is 0. The highest BCUT2D eigenvalue weighted by molar-refractivity contribution is 6.30. The van der Waals surface area contributed by atoms with E-state index in [1.807, 2.05) is 13.8 Å². The second kappa shape index (κ2) is 10.7. The molecule has 0 aromatic heterocycles. The van der Waals surface area contributed by atoms with Crippen molar-refractivity contribution in [3.05, 3.63) is 29.3 Å². The summed E-state index contributed by atoms with van der Waals surface area (Å²) in [6.45, 7) is 5.90. The maximum atomic E-state index is 10.8. The summed E-state index contributed by atoms with van der Waals surface area (Å²) >= 11 is 5.48. The summed E-state index contributed by atoms with van der Waals surface area (Å²) in [5.41, 5.74) is 0. The molecule has 0 heterocycles. The molecule has 0 radical (unpaired) electrons. The first kappa shape index (κ1) is 17.8. The van der Waals surface area contributed by atoms with E-state index in [4.69, 9.17) is 21.4 Å². The van der Waals surface area contributed by atoms with Gasteiger partial charge in [-0.15, -0.1) is 0 Å². The minimum Gasteiger partial charge on any atom is -0.508 e. The minimum absolute atomic E-state index is 0.0893. The number of halogens is 1. The Labute approximate surface area is 120 Å². The van der Waals surface area contributed by atoms with Crippen molar-refractivity contribution in [2.75, 3.05) is 0 Å². The summed E-state index contributed by atoms with van der Waals surface area (Å²) in [5.74, 6) is 0.117. The molecule has 0 bridgehead atoms. The number of unbranched alkanes of at least 4 members (excludes halogenated alkanes) is 1. The van der Waals surface area contributed by atoms with Gasteiger partial charge in [0, 0.05) is 11.4 Å². The van der Waals surface area contributed by atoms with Crippen LogP contribution in [0.4, 0.5) is 0 Å². The predicted molar refractivity (Wildman–Crippen MR) is 78.5 cm³/mol. The van der Waals surface area contributed by atoms with Crippen LogP contribution in [0.3, 0.4) is 0 Å². The van der Waals surface area contributed by atoms with Crippen molar-refractivity contribution in [1.82, 2.24) is 0 Å². The molecular weight excluding hydrogens is 264 g/mol. The molecule has 0 saturated heterocycles. The lowest BCUT2D eigenvalue weighted by molar-refractivity contribution is -0.148. The zero-order chi connectivity index (χ0) is 14.7. The van der Waals surface area contributed by atoms with Gasteiger partial charge in [0.25, 0.3) is 0 Å². The zero-order valence-electron chi connectivity index (χ0n) is 11.9. The van der Waals surface area contributed by atoms with E-state index in [0.717, 1.165) is 19.3 Å². The Morgan fingerprint density at radius 1 is 1.42 bits per heavy atom. The standard InChI is InChI=1S/C9H18O2.C6H5ClO/c1-4-6-7-8(3)11-9(10)5-2;7-5-2-1-3-6(8)4-5/h8H,4-7H2,1-3H3;1-4,8H. The van der Waals surface area contributed by atoms with Crippen molar-refractivity contribution >= 4 is 17.6 Å². The Bertz CT molecular complexity index is 349. The lowest BCUT2D eigenvalue weighted by atomic mass is 10.2. The number of benzene rings is 1. The van der Waals surface area contributed by atoms with Gasteiger partial charge in [0.15, 0.2) is 0 Å². The number of phenolic OH excluding ortho intramolecular Hbond substituents is 1. The van der Waals surface area contributed by atoms with Gasteiger partial charge >= 0.3 is 5.97 Å². The number of ether oxygens (including phenoxy) is 1. The Kier molecular flexibility index (Phi) is 9.99. The predicted octanol–water partition coefficient (Wildman–Crippen LogP) is 4.56. The summed E-state index contributed by atoms with van der Waals surface area (Å²) in [6.07, 6.45) is 3.87. The van der Waals surface area contributed by atoms with Crippen molar-refractivity contribution in [1.29, 1.82) is 0 Å². The van der Waals surface area contributed by atoms with Crippen LogP contribution in [0.1, 0.15) is 46.5 Å². The molecule has 1 N–H and O–H groups in total. The van der Waals surface area contributed by atoms with Gasteiger partial charge in [-0.25, -0.2) is 0 Å². The van der Waals surface area contributed by atoms with Gasteiger partial charge in [0.2, 0.25) is 0 Å². The summed E-state index contributed by atoms with van der Waals surface area (Å²) in [5, 5.41) is 9.29. The molecule has 0 saturated carbocycles. The molecule has 3 nitrogen and oxygen atoms in total. The van der Waals surface area contributed by atoms with Gasteiger partial charge < -0.3 is 9.84 Å². The molecule has 0 fully saturated rings. The second-order valence-corrected chi connectivity index (χ2v) is 4.71. The van der Waals surface area contributed by atoms with Crippen LogP contribution in [-0.4, -0.2) is 17.2 Å². The van der Waals surface area contributed by atoms with E-state index in [0.29, 0.717) is 11.4 Å². The molecular formula is C15H23ClO3. The van der Waals surface area contributed by atoms with Crippen LogP contribution in [0.2, 0.25) is 5.02 Å². The quantitative estimate of drug-likeness (QED) is 0.807. The minimum atomic E-state index is -0.0893. The van der Waals surface area contributed by atoms with E-state index in [-0.39, 0.29) is 17.8 Å². The average molecular weight is 287 g/mol. The molecule has 1 aromatic rings. The topological polar surface area (TPSA) is 46.5 Å². The summed E-state index contributed by atoms with van der Waals surface area (Å²) < 4.78 is 5.06. The molecule has 4 heteroatoms. The number of hydrogen-bond donors (Lipinski definition) is 1. The van der Waals surface area contributed by atoms with Crippen LogP contribution in [-0.2, 0) is 9.53 Å². The van der Waals surface area contributed by atoms with Crippen LogP contribution in [0, 0.1) is 0 Å². The lowest BCUT2D eigenvalue weighted by Crippen LogP contribution is -2.13. The fourth-order valence-corrected chi connectivity index (χ4v) is 1.52. The van der Waals surface area contributed by atoms with E-state index >= 15 is 0 Å². The van der Waals surface area contributed by atoms with Gasteiger partial charge in [-0.1, -0.05) is 44.4 Å². The number of hydrogen-bond acceptors (Lipinski definition) is 3. The maximum absolute atomic E-state index is 10.8. The van der Waals surface area contributed by atoms with E-state index in [1.165, 1.54) is 6.07 Å². The molecule has 108 valence electrons. The number of phenols is 1. The van der Waals surface area contributed by atoms with Crippen LogP contribution in [0.25, 0.3) is 0 Å².